The van der Waals surface area contributed by atoms with Crippen molar-refractivity contribution in [2.75, 3.05) is 6.54 Å². The number of aromatic nitrogens is 1. The number of nitrogens with one attached hydrogen (secondary N) is 1. The van der Waals surface area contributed by atoms with Crippen LogP contribution < -0.4 is 0 Å². The molecule has 2 rings (SSSR count). The summed E-state index contributed by atoms with van der Waals surface area (Å²) in [7, 11) is 0. The highest BCUT2D eigenvalue weighted by atomic mass is 35.5. The molecule has 1 aromatic carbocycles. The van der Waals surface area contributed by atoms with Crippen molar-refractivity contribution in [3.63, 3.8) is 0 Å². The number of carbonyl (C=O) groups is 1. The molecule has 5 heteroatoms. The van der Waals surface area contributed by atoms with Crippen LogP contribution in [0.3, 0.4) is 0 Å². The van der Waals surface area contributed by atoms with E-state index in [4.69, 9.17) is 11.6 Å². The molecular weight excluding hydrogens is 267 g/mol. The lowest BCUT2D eigenvalue weighted by molar-refractivity contribution is 0.0747. The van der Waals surface area contributed by atoms with E-state index in [1.807, 2.05) is 6.92 Å². The first kappa shape index (κ1) is 13.6. The molecule has 1 N–H and O–H groups in total. The lowest BCUT2D eigenvalue weighted by atomic mass is 10.2. The van der Waals surface area contributed by atoms with Gasteiger partial charge in [0.2, 0.25) is 0 Å². The average Bonchev–Trinajstić information content (AvgIpc) is 2.82. The summed E-state index contributed by atoms with van der Waals surface area (Å²) in [6, 6.07) is 7.82. The number of amides is 1. The highest BCUT2D eigenvalue weighted by Gasteiger charge is 2.16. The summed E-state index contributed by atoms with van der Waals surface area (Å²) in [5.74, 6) is -0.456. The summed E-state index contributed by atoms with van der Waals surface area (Å²) in [6.07, 6.45) is 1.56. The van der Waals surface area contributed by atoms with E-state index in [-0.39, 0.29) is 11.7 Å². The molecule has 2 aromatic rings. The number of nitrogens with zero attached hydrogens (tertiary/aromatic N) is 1. The van der Waals surface area contributed by atoms with E-state index in [1.165, 1.54) is 12.1 Å². The van der Waals surface area contributed by atoms with Crippen molar-refractivity contribution in [1.29, 1.82) is 0 Å². The smallest absolute Gasteiger partial charge is 0.270 e. The van der Waals surface area contributed by atoms with E-state index < -0.39 is 0 Å². The fourth-order valence-electron chi connectivity index (χ4n) is 1.84. The third-order valence-corrected chi connectivity index (χ3v) is 3.03. The molecule has 0 aliphatic carbocycles. The van der Waals surface area contributed by atoms with Gasteiger partial charge in [0, 0.05) is 19.3 Å². The Labute approximate surface area is 116 Å². The molecule has 0 bridgehead atoms. The van der Waals surface area contributed by atoms with Gasteiger partial charge in [-0.25, -0.2) is 4.39 Å². The Morgan fingerprint density at radius 3 is 2.79 bits per heavy atom. The van der Waals surface area contributed by atoms with Crippen molar-refractivity contribution in [1.82, 2.24) is 9.88 Å². The Balaban J connectivity index is 2.14. The van der Waals surface area contributed by atoms with Gasteiger partial charge in [0.1, 0.15) is 11.5 Å². The normalized spacial score (nSPS) is 10.5. The molecule has 0 aliphatic rings. The third-order valence-electron chi connectivity index (χ3n) is 2.81. The third kappa shape index (κ3) is 3.35. The van der Waals surface area contributed by atoms with Crippen LogP contribution in [0.2, 0.25) is 5.02 Å². The highest BCUT2D eigenvalue weighted by Crippen LogP contribution is 2.14. The van der Waals surface area contributed by atoms with Gasteiger partial charge in [0.25, 0.3) is 5.91 Å². The summed E-state index contributed by atoms with van der Waals surface area (Å²) < 4.78 is 13.1. The molecule has 1 aromatic heterocycles. The Morgan fingerprint density at radius 1 is 1.42 bits per heavy atom. The molecule has 0 aliphatic heterocycles. The number of benzene rings is 1. The van der Waals surface area contributed by atoms with Crippen LogP contribution in [0.4, 0.5) is 4.39 Å². The maximum Gasteiger partial charge on any atom is 0.270 e. The van der Waals surface area contributed by atoms with Crippen molar-refractivity contribution < 1.29 is 9.18 Å². The minimum atomic E-state index is -0.302. The fourth-order valence-corrected chi connectivity index (χ4v) is 2.01. The van der Waals surface area contributed by atoms with Gasteiger partial charge in [-0.2, -0.15) is 0 Å². The molecule has 0 saturated heterocycles. The van der Waals surface area contributed by atoms with E-state index in [0.717, 1.165) is 5.56 Å². The van der Waals surface area contributed by atoms with Crippen LogP contribution in [0, 0.1) is 5.82 Å². The first-order valence-electron chi connectivity index (χ1n) is 5.97. The molecule has 3 nitrogen and oxygen atoms in total. The number of H-pyrrole nitrogens is 1. The topological polar surface area (TPSA) is 36.1 Å². The second-order valence-corrected chi connectivity index (χ2v) is 4.62. The highest BCUT2D eigenvalue weighted by molar-refractivity contribution is 6.30. The molecule has 0 unspecified atom stereocenters. The number of hydrogen-bond acceptors (Lipinski definition) is 1. The van der Waals surface area contributed by atoms with Gasteiger partial charge in [0.05, 0.1) is 5.02 Å². The minimum Gasteiger partial charge on any atom is -0.356 e. The van der Waals surface area contributed by atoms with E-state index in [9.17, 15) is 9.18 Å². The second-order valence-electron chi connectivity index (χ2n) is 4.18. The molecule has 0 radical (unpaired) electrons. The van der Waals surface area contributed by atoms with Gasteiger partial charge in [-0.1, -0.05) is 23.7 Å². The van der Waals surface area contributed by atoms with Crippen LogP contribution in [0.1, 0.15) is 23.0 Å². The lowest BCUT2D eigenvalue weighted by Crippen LogP contribution is -2.30. The molecule has 0 saturated carbocycles. The SMILES string of the molecule is CCN(Cc1cccc(F)c1)C(=O)c1cc(Cl)c[nH]1. The van der Waals surface area contributed by atoms with Crippen molar-refractivity contribution in [2.24, 2.45) is 0 Å². The molecule has 0 fully saturated rings. The predicted octanol–water partition coefficient (Wildman–Crippen LogP) is 3.47. The monoisotopic (exact) mass is 280 g/mol. The Hall–Kier alpha value is -1.81. The zero-order valence-electron chi connectivity index (χ0n) is 10.5. The van der Waals surface area contributed by atoms with Crippen LogP contribution in [-0.4, -0.2) is 22.3 Å². The molecule has 19 heavy (non-hydrogen) atoms. The number of rotatable bonds is 4. The van der Waals surface area contributed by atoms with Crippen LogP contribution in [0.25, 0.3) is 0 Å². The van der Waals surface area contributed by atoms with Gasteiger partial charge in [-0.3, -0.25) is 4.79 Å². The quantitative estimate of drug-likeness (QED) is 0.915. The number of halogens is 2. The zero-order valence-corrected chi connectivity index (χ0v) is 11.2. The number of carbonyl (C=O) groups excluding carboxylic acids is 1. The van der Waals surface area contributed by atoms with Gasteiger partial charge in [-0.05, 0) is 30.7 Å². The lowest BCUT2D eigenvalue weighted by Gasteiger charge is -2.20. The van der Waals surface area contributed by atoms with Gasteiger partial charge < -0.3 is 9.88 Å². The van der Waals surface area contributed by atoms with Crippen LogP contribution in [0.15, 0.2) is 36.5 Å². The van der Waals surface area contributed by atoms with Crippen LogP contribution >= 0.6 is 11.6 Å². The summed E-state index contributed by atoms with van der Waals surface area (Å²) in [5, 5.41) is 0.491. The fraction of sp³-hybridized carbons (Fsp3) is 0.214. The van der Waals surface area contributed by atoms with Crippen LogP contribution in [0.5, 0.6) is 0 Å². The van der Waals surface area contributed by atoms with E-state index in [0.29, 0.717) is 23.8 Å². The summed E-state index contributed by atoms with van der Waals surface area (Å²) >= 11 is 5.78. The molecule has 0 atom stereocenters. The molecule has 1 heterocycles. The molecular formula is C14H14ClFN2O. The summed E-state index contributed by atoms with van der Waals surface area (Å²) in [5.41, 5.74) is 1.19. The van der Waals surface area contributed by atoms with Crippen molar-refractivity contribution in [3.05, 3.63) is 58.6 Å². The Kier molecular flexibility index (Phi) is 4.22. The zero-order chi connectivity index (χ0) is 13.8. The van der Waals surface area contributed by atoms with Crippen LogP contribution in [-0.2, 0) is 6.54 Å². The maximum absolute atomic E-state index is 13.1. The van der Waals surface area contributed by atoms with Crippen molar-refractivity contribution in [2.45, 2.75) is 13.5 Å². The molecule has 100 valence electrons. The van der Waals surface area contributed by atoms with Crippen molar-refractivity contribution >= 4 is 17.5 Å². The molecule has 1 amide bonds. The van der Waals surface area contributed by atoms with Gasteiger partial charge in [-0.15, -0.1) is 0 Å². The Bertz CT molecular complexity index is 582. The predicted molar refractivity (Wildman–Crippen MR) is 72.6 cm³/mol. The standard InChI is InChI=1S/C14H14ClFN2O/c1-2-18(9-10-4-3-5-12(16)6-10)14(19)13-7-11(15)8-17-13/h3-8,17H,2,9H2,1H3. The van der Waals surface area contributed by atoms with E-state index >= 15 is 0 Å². The second kappa shape index (κ2) is 5.89. The maximum atomic E-state index is 13.1. The summed E-state index contributed by atoms with van der Waals surface area (Å²) in [4.78, 5) is 16.7. The molecule has 0 spiro atoms. The van der Waals surface area contributed by atoms with E-state index in [2.05, 4.69) is 4.98 Å². The summed E-state index contributed by atoms with van der Waals surface area (Å²) in [6.45, 7) is 2.78. The minimum absolute atomic E-state index is 0.154. The Morgan fingerprint density at radius 2 is 2.21 bits per heavy atom. The van der Waals surface area contributed by atoms with Gasteiger partial charge >= 0.3 is 0 Å². The largest absolute Gasteiger partial charge is 0.356 e. The van der Waals surface area contributed by atoms with Crippen molar-refractivity contribution in [3.8, 4) is 0 Å². The van der Waals surface area contributed by atoms with Gasteiger partial charge in [0.15, 0.2) is 0 Å². The number of aromatic amines is 1. The number of hydrogen-bond donors (Lipinski definition) is 1. The first-order chi connectivity index (χ1) is 9.10. The van der Waals surface area contributed by atoms with E-state index in [1.54, 1.807) is 29.3 Å². The average molecular weight is 281 g/mol. The first-order valence-corrected chi connectivity index (χ1v) is 6.35.